The minimum atomic E-state index is -0.118. The molecule has 0 aliphatic carbocycles. The Labute approximate surface area is 115 Å². The smallest absolute Gasteiger partial charge is 0.260 e. The highest BCUT2D eigenvalue weighted by Crippen LogP contribution is 2.14. The number of benzene rings is 1. The molecule has 0 unspecified atom stereocenters. The number of hydrogen-bond donors (Lipinski definition) is 1. The Balaban J connectivity index is 1.67. The molecule has 0 spiro atoms. The van der Waals surface area contributed by atoms with E-state index >= 15 is 0 Å². The van der Waals surface area contributed by atoms with Crippen LogP contribution in [-0.2, 0) is 11.3 Å². The average molecular weight is 274 g/mol. The number of carbonyl (C=O) groups is 1. The number of hydrazone groups is 1. The average Bonchev–Trinajstić information content (AvgIpc) is 3.07. The molecule has 0 saturated carbocycles. The summed E-state index contributed by atoms with van der Waals surface area (Å²) in [6, 6.07) is 7.76. The van der Waals surface area contributed by atoms with Crippen molar-refractivity contribution in [2.24, 2.45) is 5.10 Å². The van der Waals surface area contributed by atoms with Crippen molar-refractivity contribution in [1.29, 1.82) is 0 Å². The predicted molar refractivity (Wildman–Crippen MR) is 77.3 cm³/mol. The standard InChI is InChI=1S/C13H14N4OS/c18-13(16-15-10-5-6-19-8-10)7-17-9-14-11-3-1-2-4-12(11)17/h1-4,9H,5-8H2,(H,16,18)/b15-10+. The van der Waals surface area contributed by atoms with Gasteiger partial charge < -0.3 is 4.57 Å². The van der Waals surface area contributed by atoms with E-state index in [-0.39, 0.29) is 12.5 Å². The molecule has 2 aromatic rings. The second kappa shape index (κ2) is 5.44. The van der Waals surface area contributed by atoms with Crippen molar-refractivity contribution in [3.05, 3.63) is 30.6 Å². The number of carbonyl (C=O) groups excluding carboxylic acids is 1. The predicted octanol–water partition coefficient (Wildman–Crippen LogP) is 1.65. The Hall–Kier alpha value is -1.82. The summed E-state index contributed by atoms with van der Waals surface area (Å²) in [5, 5.41) is 4.15. The number of thioether (sulfide) groups is 1. The van der Waals surface area contributed by atoms with E-state index in [0.717, 1.165) is 34.7 Å². The minimum absolute atomic E-state index is 0.118. The molecule has 6 heteroatoms. The lowest BCUT2D eigenvalue weighted by Crippen LogP contribution is -2.24. The summed E-state index contributed by atoms with van der Waals surface area (Å²) < 4.78 is 1.83. The fourth-order valence-electron chi connectivity index (χ4n) is 2.01. The molecule has 1 aromatic carbocycles. The number of para-hydroxylation sites is 2. The Morgan fingerprint density at radius 1 is 1.47 bits per heavy atom. The molecular weight excluding hydrogens is 260 g/mol. The molecule has 2 heterocycles. The van der Waals surface area contributed by atoms with Gasteiger partial charge in [0.05, 0.1) is 17.4 Å². The maximum absolute atomic E-state index is 11.8. The van der Waals surface area contributed by atoms with Gasteiger partial charge in [0.25, 0.3) is 5.91 Å². The molecule has 0 atom stereocenters. The maximum Gasteiger partial charge on any atom is 0.260 e. The van der Waals surface area contributed by atoms with E-state index in [1.165, 1.54) is 0 Å². The maximum atomic E-state index is 11.8. The van der Waals surface area contributed by atoms with Crippen molar-refractivity contribution in [2.75, 3.05) is 11.5 Å². The molecule has 5 nitrogen and oxygen atoms in total. The van der Waals surface area contributed by atoms with Gasteiger partial charge in [-0.1, -0.05) is 12.1 Å². The van der Waals surface area contributed by atoms with Crippen LogP contribution in [0, 0.1) is 0 Å². The van der Waals surface area contributed by atoms with E-state index in [1.54, 1.807) is 6.33 Å². The van der Waals surface area contributed by atoms with Crippen molar-refractivity contribution in [3.63, 3.8) is 0 Å². The van der Waals surface area contributed by atoms with Crippen LogP contribution < -0.4 is 5.43 Å². The molecule has 1 N–H and O–H groups in total. The van der Waals surface area contributed by atoms with E-state index in [9.17, 15) is 4.79 Å². The van der Waals surface area contributed by atoms with Gasteiger partial charge in [0.15, 0.2) is 0 Å². The Bertz CT molecular complexity index is 626. The van der Waals surface area contributed by atoms with Crippen LogP contribution in [0.1, 0.15) is 6.42 Å². The fraction of sp³-hybridized carbons (Fsp3) is 0.308. The number of hydrogen-bond acceptors (Lipinski definition) is 4. The van der Waals surface area contributed by atoms with Crippen molar-refractivity contribution in [3.8, 4) is 0 Å². The molecule has 3 rings (SSSR count). The van der Waals surface area contributed by atoms with Crippen molar-refractivity contribution in [2.45, 2.75) is 13.0 Å². The first kappa shape index (κ1) is 12.2. The quantitative estimate of drug-likeness (QED) is 0.866. The molecule has 98 valence electrons. The Morgan fingerprint density at radius 2 is 2.37 bits per heavy atom. The molecule has 0 bridgehead atoms. The number of rotatable bonds is 3. The van der Waals surface area contributed by atoms with Crippen LogP contribution >= 0.6 is 11.8 Å². The third kappa shape index (κ3) is 2.78. The van der Waals surface area contributed by atoms with Gasteiger partial charge in [-0.3, -0.25) is 4.79 Å². The molecule has 1 fully saturated rings. The zero-order chi connectivity index (χ0) is 13.1. The molecule has 1 amide bonds. The number of amides is 1. The summed E-state index contributed by atoms with van der Waals surface area (Å²) in [7, 11) is 0. The SMILES string of the molecule is O=C(Cn1cnc2ccccc21)N/N=C1\CCSC1. The molecule has 1 aliphatic rings. The lowest BCUT2D eigenvalue weighted by atomic mass is 10.3. The first-order valence-electron chi connectivity index (χ1n) is 6.15. The third-order valence-electron chi connectivity index (χ3n) is 2.98. The van der Waals surface area contributed by atoms with Gasteiger partial charge in [-0.25, -0.2) is 10.4 Å². The highest BCUT2D eigenvalue weighted by molar-refractivity contribution is 8.00. The first-order chi connectivity index (χ1) is 9.33. The largest absolute Gasteiger partial charge is 0.321 e. The van der Waals surface area contributed by atoms with E-state index in [0.29, 0.717) is 0 Å². The fourth-order valence-corrected chi connectivity index (χ4v) is 2.98. The summed E-state index contributed by atoms with van der Waals surface area (Å²) in [6.45, 7) is 0.241. The highest BCUT2D eigenvalue weighted by atomic mass is 32.2. The molecule has 1 aliphatic heterocycles. The summed E-state index contributed by atoms with van der Waals surface area (Å²) in [6.07, 6.45) is 2.65. The molecule has 1 saturated heterocycles. The first-order valence-corrected chi connectivity index (χ1v) is 7.30. The number of nitrogens with one attached hydrogen (secondary N) is 1. The zero-order valence-corrected chi connectivity index (χ0v) is 11.2. The number of nitrogens with zero attached hydrogens (tertiary/aromatic N) is 3. The van der Waals surface area contributed by atoms with Gasteiger partial charge in [0.2, 0.25) is 0 Å². The van der Waals surface area contributed by atoms with Gasteiger partial charge in [-0.15, -0.1) is 0 Å². The summed E-state index contributed by atoms with van der Waals surface area (Å²) in [5.41, 5.74) is 5.54. The van der Waals surface area contributed by atoms with E-state index < -0.39 is 0 Å². The van der Waals surface area contributed by atoms with E-state index in [4.69, 9.17) is 0 Å². The lowest BCUT2D eigenvalue weighted by molar-refractivity contribution is -0.121. The Kier molecular flexibility index (Phi) is 3.50. The van der Waals surface area contributed by atoms with Crippen molar-refractivity contribution < 1.29 is 4.79 Å². The van der Waals surface area contributed by atoms with Crippen LogP contribution in [0.2, 0.25) is 0 Å². The van der Waals surface area contributed by atoms with Gasteiger partial charge in [-0.05, 0) is 24.3 Å². The number of fused-ring (bicyclic) bond motifs is 1. The van der Waals surface area contributed by atoms with Gasteiger partial charge in [0, 0.05) is 11.5 Å². The molecule has 19 heavy (non-hydrogen) atoms. The van der Waals surface area contributed by atoms with E-state index in [2.05, 4.69) is 15.5 Å². The van der Waals surface area contributed by atoms with Crippen LogP contribution in [-0.4, -0.2) is 32.7 Å². The number of imidazole rings is 1. The van der Waals surface area contributed by atoms with Crippen LogP contribution in [0.4, 0.5) is 0 Å². The molecule has 1 aromatic heterocycles. The van der Waals surface area contributed by atoms with Crippen LogP contribution in [0.3, 0.4) is 0 Å². The summed E-state index contributed by atoms with van der Waals surface area (Å²) in [5.74, 6) is 1.90. The van der Waals surface area contributed by atoms with E-state index in [1.807, 2.05) is 40.6 Å². The van der Waals surface area contributed by atoms with Gasteiger partial charge >= 0.3 is 0 Å². The molecule has 0 radical (unpaired) electrons. The topological polar surface area (TPSA) is 59.3 Å². The van der Waals surface area contributed by atoms with Gasteiger partial charge in [0.1, 0.15) is 6.54 Å². The number of aromatic nitrogens is 2. The van der Waals surface area contributed by atoms with Crippen molar-refractivity contribution >= 4 is 34.4 Å². The summed E-state index contributed by atoms with van der Waals surface area (Å²) in [4.78, 5) is 16.1. The Morgan fingerprint density at radius 3 is 3.21 bits per heavy atom. The monoisotopic (exact) mass is 274 g/mol. The molecular formula is C13H14N4OS. The summed E-state index contributed by atoms with van der Waals surface area (Å²) >= 11 is 1.84. The van der Waals surface area contributed by atoms with Crippen LogP contribution in [0.25, 0.3) is 11.0 Å². The van der Waals surface area contributed by atoms with Crippen molar-refractivity contribution in [1.82, 2.24) is 15.0 Å². The minimum Gasteiger partial charge on any atom is -0.321 e. The van der Waals surface area contributed by atoms with Crippen LogP contribution in [0.15, 0.2) is 35.7 Å². The van der Waals surface area contributed by atoms with Crippen LogP contribution in [0.5, 0.6) is 0 Å². The third-order valence-corrected chi connectivity index (χ3v) is 4.01. The second-order valence-electron chi connectivity index (χ2n) is 4.38. The highest BCUT2D eigenvalue weighted by Gasteiger charge is 2.10. The zero-order valence-electron chi connectivity index (χ0n) is 10.4. The lowest BCUT2D eigenvalue weighted by Gasteiger charge is -2.03. The normalized spacial score (nSPS) is 17.2. The van der Waals surface area contributed by atoms with Gasteiger partial charge in [-0.2, -0.15) is 16.9 Å². The second-order valence-corrected chi connectivity index (χ2v) is 5.48.